The molecule has 3 rings (SSSR count). The second-order valence-corrected chi connectivity index (χ2v) is 19.7. The van der Waals surface area contributed by atoms with E-state index in [1.165, 1.54) is 29.2 Å². The van der Waals surface area contributed by atoms with Crippen LogP contribution in [0, 0.1) is 11.7 Å². The fourth-order valence-electron chi connectivity index (χ4n) is 4.24. The third-order valence-corrected chi connectivity index (χ3v) is 9.93. The maximum absolute atomic E-state index is 15.2. The van der Waals surface area contributed by atoms with Crippen LogP contribution in [0.5, 0.6) is 0 Å². The topological polar surface area (TPSA) is 88.4 Å². The van der Waals surface area contributed by atoms with Gasteiger partial charge in [0.1, 0.15) is 30.4 Å². The third-order valence-electron chi connectivity index (χ3n) is 6.27. The number of nitrogens with zero attached hydrogens (tertiary/aromatic N) is 2. The molecule has 1 N–H and O–H groups in total. The largest absolute Gasteiger partial charge is 0.478 e. The van der Waals surface area contributed by atoms with Gasteiger partial charge in [0.25, 0.3) is 0 Å². The number of ether oxygens (including phenoxy) is 2. The maximum Gasteiger partial charge on any atom is 0.418 e. The minimum absolute atomic E-state index is 0.0339. The van der Waals surface area contributed by atoms with Gasteiger partial charge >= 0.3 is 12.1 Å². The van der Waals surface area contributed by atoms with E-state index in [1.54, 1.807) is 20.8 Å². The molecule has 0 spiro atoms. The van der Waals surface area contributed by atoms with E-state index in [0.29, 0.717) is 17.5 Å². The number of halogens is 3. The van der Waals surface area contributed by atoms with Crippen LogP contribution in [-0.4, -0.2) is 65.7 Å². The molecule has 1 aromatic carbocycles. The molecule has 0 saturated heterocycles. The highest BCUT2D eigenvalue weighted by Gasteiger charge is 2.68. The van der Waals surface area contributed by atoms with Gasteiger partial charge < -0.3 is 14.6 Å². The number of fused-ring (bicyclic) bond motifs is 1. The number of rotatable bonds is 9. The van der Waals surface area contributed by atoms with Gasteiger partial charge in [0.05, 0.1) is 0 Å². The molecular formula is C26H35BrF2N2O5SSi. The average molecular weight is 634 g/mol. The normalized spacial score (nSPS) is 25.1. The monoisotopic (exact) mass is 632 g/mol. The summed E-state index contributed by atoms with van der Waals surface area (Å²) in [7, 11) is -1.41. The summed E-state index contributed by atoms with van der Waals surface area (Å²) in [6.45, 7) is 11.0. The van der Waals surface area contributed by atoms with E-state index in [1.807, 2.05) is 0 Å². The predicted octanol–water partition coefficient (Wildman–Crippen LogP) is 6.80. The minimum atomic E-state index is -1.67. The lowest BCUT2D eigenvalue weighted by molar-refractivity contribution is -0.131. The second-order valence-electron chi connectivity index (χ2n) is 11.8. The van der Waals surface area contributed by atoms with E-state index in [0.717, 1.165) is 23.9 Å². The zero-order chi connectivity index (χ0) is 28.5. The molecule has 0 aromatic heterocycles. The van der Waals surface area contributed by atoms with Gasteiger partial charge in [0.2, 0.25) is 0 Å². The molecule has 0 unspecified atom stereocenters. The predicted molar refractivity (Wildman–Crippen MR) is 151 cm³/mol. The van der Waals surface area contributed by atoms with Crippen molar-refractivity contribution in [3.05, 3.63) is 46.2 Å². The number of amides is 1. The molecule has 1 heterocycles. The molecule has 1 fully saturated rings. The van der Waals surface area contributed by atoms with Crippen molar-refractivity contribution in [1.29, 1.82) is 0 Å². The van der Waals surface area contributed by atoms with E-state index >= 15 is 8.78 Å². The summed E-state index contributed by atoms with van der Waals surface area (Å²) in [5.74, 6) is -2.33. The number of thioether (sulfide) groups is 1. The molecule has 1 aromatic rings. The number of aliphatic imine (C=N–C) groups is 1. The van der Waals surface area contributed by atoms with Crippen molar-refractivity contribution in [3.63, 3.8) is 0 Å². The van der Waals surface area contributed by atoms with E-state index in [2.05, 4.69) is 35.6 Å². The molecule has 38 heavy (non-hydrogen) atoms. The maximum atomic E-state index is 15.2. The smallest absolute Gasteiger partial charge is 0.418 e. The van der Waals surface area contributed by atoms with Crippen molar-refractivity contribution in [2.45, 2.75) is 68.8 Å². The first kappa shape index (κ1) is 30.8. The Hall–Kier alpha value is -1.76. The molecule has 1 aliphatic carbocycles. The van der Waals surface area contributed by atoms with Crippen LogP contribution in [0.1, 0.15) is 32.8 Å². The highest BCUT2D eigenvalue weighted by molar-refractivity contribution is 9.10. The van der Waals surface area contributed by atoms with E-state index in [9.17, 15) is 14.7 Å². The Morgan fingerprint density at radius 3 is 2.61 bits per heavy atom. The summed E-state index contributed by atoms with van der Waals surface area (Å²) >= 11 is 4.49. The lowest BCUT2D eigenvalue weighted by atomic mass is 9.85. The van der Waals surface area contributed by atoms with Gasteiger partial charge in [-0.05, 0) is 51.4 Å². The Bertz CT molecular complexity index is 1140. The van der Waals surface area contributed by atoms with Gasteiger partial charge in [-0.1, -0.05) is 53.4 Å². The highest BCUT2D eigenvalue weighted by Crippen LogP contribution is 2.67. The summed E-state index contributed by atoms with van der Waals surface area (Å²) in [4.78, 5) is 30.6. The van der Waals surface area contributed by atoms with Crippen LogP contribution in [-0.2, 0) is 19.8 Å². The van der Waals surface area contributed by atoms with E-state index < -0.39 is 54.4 Å². The number of alkyl halides is 1. The summed E-state index contributed by atoms with van der Waals surface area (Å²) in [6.07, 6.45) is 2.09. The fourth-order valence-corrected chi connectivity index (χ4v) is 6.87. The van der Waals surface area contributed by atoms with E-state index in [4.69, 9.17) is 14.5 Å². The molecule has 0 bridgehead atoms. The Labute approximate surface area is 236 Å². The van der Waals surface area contributed by atoms with Gasteiger partial charge in [-0.2, -0.15) is 0 Å². The highest BCUT2D eigenvalue weighted by atomic mass is 79.9. The summed E-state index contributed by atoms with van der Waals surface area (Å²) in [6, 6.07) is 5.09. The van der Waals surface area contributed by atoms with Crippen molar-refractivity contribution < 1.29 is 33.0 Å². The number of carboxylic acid groups (broad SMARTS) is 1. The third kappa shape index (κ3) is 7.25. The van der Waals surface area contributed by atoms with Gasteiger partial charge in [-0.25, -0.2) is 28.3 Å². The Kier molecular flexibility index (Phi) is 9.22. The number of benzene rings is 1. The molecule has 12 heteroatoms. The van der Waals surface area contributed by atoms with Gasteiger partial charge in [0.15, 0.2) is 5.17 Å². The first-order valence-corrected chi connectivity index (χ1v) is 17.6. The summed E-state index contributed by atoms with van der Waals surface area (Å²) in [5.41, 5.74) is -2.47. The second kappa shape index (κ2) is 11.4. The zero-order valence-corrected chi connectivity index (χ0v) is 25.9. The molecule has 1 aliphatic heterocycles. The standard InChI is InChI=1S/C26H35BrF2N2O5SSi/c1-24(2,3)36-23(34)31(16-35-11-12-38(4,5)6)22-30-26(15-28,18-13-17(27)7-8-19(18)29)20-14-25(20,37-22)10-9-21(32)33/h7-10,13,20H,11-12,14-16H2,1-6H3,(H,32,33)/t20-,25+,26-/m1/s1. The number of amidine groups is 1. The van der Waals surface area contributed by atoms with E-state index in [-0.39, 0.29) is 17.5 Å². The lowest BCUT2D eigenvalue weighted by Gasteiger charge is -2.38. The first-order valence-electron chi connectivity index (χ1n) is 12.3. The summed E-state index contributed by atoms with van der Waals surface area (Å²) in [5, 5.41) is 9.38. The quantitative estimate of drug-likeness (QED) is 0.139. The minimum Gasteiger partial charge on any atom is -0.478 e. The van der Waals surface area contributed by atoms with Crippen molar-refractivity contribution >= 4 is 53.0 Å². The van der Waals surface area contributed by atoms with Crippen LogP contribution in [0.2, 0.25) is 25.7 Å². The Morgan fingerprint density at radius 1 is 1.34 bits per heavy atom. The van der Waals surface area contributed by atoms with Gasteiger partial charge in [0, 0.05) is 41.5 Å². The SMILES string of the molecule is CC(C)(C)OC(=O)N(COCC[Si](C)(C)C)C1=N[C@](CF)(c2cc(Br)ccc2F)[C@@H]2C[C@]2(C=CC(=O)O)S1. The Balaban J connectivity index is 2.10. The van der Waals surface area contributed by atoms with Crippen molar-refractivity contribution in [3.8, 4) is 0 Å². The molecule has 2 aliphatic rings. The number of hydrogen-bond acceptors (Lipinski definition) is 6. The van der Waals surface area contributed by atoms with Crippen LogP contribution in [0.3, 0.4) is 0 Å². The number of carbonyl (C=O) groups excluding carboxylic acids is 1. The van der Waals surface area contributed by atoms with Crippen LogP contribution >= 0.6 is 27.7 Å². The zero-order valence-electron chi connectivity index (χ0n) is 22.5. The van der Waals surface area contributed by atoms with Gasteiger partial charge in [-0.3, -0.25) is 0 Å². The molecular weight excluding hydrogens is 598 g/mol. The lowest BCUT2D eigenvalue weighted by Crippen LogP contribution is -2.46. The first-order chi connectivity index (χ1) is 17.5. The van der Waals surface area contributed by atoms with Crippen molar-refractivity contribution in [1.82, 2.24) is 4.90 Å². The van der Waals surface area contributed by atoms with Crippen LogP contribution < -0.4 is 0 Å². The number of carboxylic acids is 1. The fraction of sp³-hybridized carbons (Fsp3) is 0.577. The van der Waals surface area contributed by atoms with Crippen LogP contribution in [0.25, 0.3) is 0 Å². The molecule has 7 nitrogen and oxygen atoms in total. The number of aliphatic carboxylic acids is 1. The number of hydrogen-bond donors (Lipinski definition) is 1. The average Bonchev–Trinajstić information content (AvgIpc) is 3.52. The molecule has 210 valence electrons. The molecule has 1 amide bonds. The van der Waals surface area contributed by atoms with Gasteiger partial charge in [-0.15, -0.1) is 0 Å². The van der Waals surface area contributed by atoms with Crippen LogP contribution in [0.15, 0.2) is 39.8 Å². The molecule has 3 atom stereocenters. The Morgan fingerprint density at radius 2 is 2.03 bits per heavy atom. The van der Waals surface area contributed by atoms with Crippen molar-refractivity contribution in [2.75, 3.05) is 20.0 Å². The molecule has 1 saturated carbocycles. The molecule has 0 radical (unpaired) electrons. The van der Waals surface area contributed by atoms with Crippen molar-refractivity contribution in [2.24, 2.45) is 10.9 Å². The van der Waals surface area contributed by atoms with Crippen LogP contribution in [0.4, 0.5) is 13.6 Å². The summed E-state index contributed by atoms with van der Waals surface area (Å²) < 4.78 is 41.4. The number of carbonyl (C=O) groups is 2.